The van der Waals surface area contributed by atoms with E-state index in [4.69, 9.17) is 0 Å². The Morgan fingerprint density at radius 1 is 1.25 bits per heavy atom. The molecule has 0 saturated carbocycles. The highest BCUT2D eigenvalue weighted by Crippen LogP contribution is 2.32. The number of hydrogen-bond donors (Lipinski definition) is 1. The van der Waals surface area contributed by atoms with Crippen molar-refractivity contribution in [3.63, 3.8) is 0 Å². The molecule has 0 aliphatic carbocycles. The highest BCUT2D eigenvalue weighted by molar-refractivity contribution is 9.10. The van der Waals surface area contributed by atoms with Crippen molar-refractivity contribution in [3.8, 4) is 0 Å². The number of rotatable bonds is 9. The standard InChI is InChI=1S/C17H27BrFN/c1-4-7-9-13(5-2)12-16(20-6-3)17-14(18)10-8-11-15(17)19/h8,10-11,13,16,20H,4-7,9,12H2,1-3H3. The van der Waals surface area contributed by atoms with Crippen LogP contribution in [0.15, 0.2) is 22.7 Å². The van der Waals surface area contributed by atoms with Crippen molar-refractivity contribution in [2.75, 3.05) is 6.54 Å². The summed E-state index contributed by atoms with van der Waals surface area (Å²) in [5.74, 6) is 0.543. The molecular formula is C17H27BrFN. The van der Waals surface area contributed by atoms with Gasteiger partial charge in [0.2, 0.25) is 0 Å². The van der Waals surface area contributed by atoms with E-state index in [-0.39, 0.29) is 11.9 Å². The van der Waals surface area contributed by atoms with Gasteiger partial charge < -0.3 is 5.32 Å². The van der Waals surface area contributed by atoms with E-state index in [1.165, 1.54) is 19.3 Å². The van der Waals surface area contributed by atoms with Gasteiger partial charge in [-0.05, 0) is 31.0 Å². The zero-order chi connectivity index (χ0) is 15.0. The van der Waals surface area contributed by atoms with Gasteiger partial charge in [0.05, 0.1) is 0 Å². The van der Waals surface area contributed by atoms with Crippen molar-refractivity contribution >= 4 is 15.9 Å². The lowest BCUT2D eigenvalue weighted by Gasteiger charge is -2.25. The Labute approximate surface area is 131 Å². The van der Waals surface area contributed by atoms with Gasteiger partial charge in [-0.1, -0.05) is 68.5 Å². The van der Waals surface area contributed by atoms with Crippen molar-refractivity contribution in [1.29, 1.82) is 0 Å². The quantitative estimate of drug-likeness (QED) is 0.593. The van der Waals surface area contributed by atoms with Crippen LogP contribution >= 0.6 is 15.9 Å². The van der Waals surface area contributed by atoms with Gasteiger partial charge in [-0.15, -0.1) is 0 Å². The van der Waals surface area contributed by atoms with Crippen LogP contribution in [0.2, 0.25) is 0 Å². The summed E-state index contributed by atoms with van der Waals surface area (Å²) in [7, 11) is 0. The van der Waals surface area contributed by atoms with Gasteiger partial charge in [0.25, 0.3) is 0 Å². The van der Waals surface area contributed by atoms with Crippen molar-refractivity contribution in [2.45, 2.75) is 58.9 Å². The van der Waals surface area contributed by atoms with Gasteiger partial charge in [-0.2, -0.15) is 0 Å². The molecule has 0 heterocycles. The molecule has 2 unspecified atom stereocenters. The third-order valence-corrected chi connectivity index (χ3v) is 4.60. The molecule has 0 fully saturated rings. The minimum atomic E-state index is -0.115. The molecule has 0 saturated heterocycles. The molecule has 1 rings (SSSR count). The lowest BCUT2D eigenvalue weighted by atomic mass is 9.89. The minimum absolute atomic E-state index is 0.0948. The van der Waals surface area contributed by atoms with Crippen molar-refractivity contribution in [3.05, 3.63) is 34.1 Å². The summed E-state index contributed by atoms with van der Waals surface area (Å²) < 4.78 is 15.0. The zero-order valence-corrected chi connectivity index (χ0v) is 14.5. The number of halogens is 2. The summed E-state index contributed by atoms with van der Waals surface area (Å²) in [5, 5.41) is 3.45. The predicted molar refractivity (Wildman–Crippen MR) is 88.4 cm³/mol. The number of nitrogens with one attached hydrogen (secondary N) is 1. The van der Waals surface area contributed by atoms with Crippen molar-refractivity contribution < 1.29 is 4.39 Å². The average molecular weight is 344 g/mol. The van der Waals surface area contributed by atoms with E-state index in [0.717, 1.165) is 29.4 Å². The normalized spacial score (nSPS) is 14.2. The maximum Gasteiger partial charge on any atom is 0.129 e. The molecule has 1 aromatic carbocycles. The van der Waals surface area contributed by atoms with E-state index in [1.54, 1.807) is 12.1 Å². The summed E-state index contributed by atoms with van der Waals surface area (Å²) in [6.45, 7) is 7.39. The van der Waals surface area contributed by atoms with Crippen LogP contribution in [-0.4, -0.2) is 6.54 Å². The van der Waals surface area contributed by atoms with E-state index in [9.17, 15) is 4.39 Å². The van der Waals surface area contributed by atoms with Crippen LogP contribution in [0.5, 0.6) is 0 Å². The second-order valence-corrected chi connectivity index (χ2v) is 6.25. The van der Waals surface area contributed by atoms with Gasteiger partial charge in [0.1, 0.15) is 5.82 Å². The zero-order valence-electron chi connectivity index (χ0n) is 12.9. The van der Waals surface area contributed by atoms with Crippen LogP contribution in [0.25, 0.3) is 0 Å². The molecular weight excluding hydrogens is 317 g/mol. The summed E-state index contributed by atoms with van der Waals surface area (Å²) >= 11 is 3.50. The van der Waals surface area contributed by atoms with Gasteiger partial charge in [-0.3, -0.25) is 0 Å². The molecule has 3 heteroatoms. The first-order chi connectivity index (χ1) is 9.63. The molecule has 1 N–H and O–H groups in total. The molecule has 0 aliphatic heterocycles. The molecule has 114 valence electrons. The lowest BCUT2D eigenvalue weighted by Crippen LogP contribution is -2.25. The monoisotopic (exact) mass is 343 g/mol. The third-order valence-electron chi connectivity index (χ3n) is 3.91. The van der Waals surface area contributed by atoms with E-state index < -0.39 is 0 Å². The maximum absolute atomic E-state index is 14.2. The van der Waals surface area contributed by atoms with Crippen LogP contribution in [0.1, 0.15) is 64.5 Å². The largest absolute Gasteiger partial charge is 0.310 e. The molecule has 0 bridgehead atoms. The number of unbranched alkanes of at least 4 members (excludes halogenated alkanes) is 1. The Kier molecular flexibility index (Phi) is 8.39. The molecule has 1 aromatic rings. The molecule has 0 spiro atoms. The van der Waals surface area contributed by atoms with Crippen LogP contribution in [0.4, 0.5) is 4.39 Å². The maximum atomic E-state index is 14.2. The van der Waals surface area contributed by atoms with Crippen LogP contribution in [-0.2, 0) is 0 Å². The minimum Gasteiger partial charge on any atom is -0.310 e. The molecule has 0 aliphatic rings. The SMILES string of the molecule is CCCCC(CC)CC(NCC)c1c(F)cccc1Br. The lowest BCUT2D eigenvalue weighted by molar-refractivity contribution is 0.350. The topological polar surface area (TPSA) is 12.0 Å². The molecule has 0 amide bonds. The van der Waals surface area contributed by atoms with Gasteiger partial charge in [-0.25, -0.2) is 4.39 Å². The highest BCUT2D eigenvalue weighted by atomic mass is 79.9. The Morgan fingerprint density at radius 2 is 2.00 bits per heavy atom. The van der Waals surface area contributed by atoms with E-state index in [2.05, 4.69) is 42.0 Å². The number of hydrogen-bond acceptors (Lipinski definition) is 1. The van der Waals surface area contributed by atoms with Crippen LogP contribution in [0.3, 0.4) is 0 Å². The van der Waals surface area contributed by atoms with Crippen molar-refractivity contribution in [2.24, 2.45) is 5.92 Å². The first-order valence-corrected chi connectivity index (χ1v) is 8.60. The predicted octanol–water partition coefficient (Wildman–Crippen LogP) is 5.85. The summed E-state index contributed by atoms with van der Waals surface area (Å²) in [5.41, 5.74) is 0.782. The Morgan fingerprint density at radius 3 is 2.55 bits per heavy atom. The van der Waals surface area contributed by atoms with E-state index in [1.807, 2.05) is 6.07 Å². The fourth-order valence-electron chi connectivity index (χ4n) is 2.71. The molecule has 2 atom stereocenters. The molecule has 0 aromatic heterocycles. The first kappa shape index (κ1) is 17.6. The van der Waals surface area contributed by atoms with E-state index >= 15 is 0 Å². The Hall–Kier alpha value is -0.410. The Bertz CT molecular complexity index is 374. The van der Waals surface area contributed by atoms with Gasteiger partial charge in [0.15, 0.2) is 0 Å². The first-order valence-electron chi connectivity index (χ1n) is 7.81. The van der Waals surface area contributed by atoms with Gasteiger partial charge >= 0.3 is 0 Å². The summed E-state index contributed by atoms with van der Waals surface area (Å²) in [6.07, 6.45) is 5.89. The highest BCUT2D eigenvalue weighted by Gasteiger charge is 2.21. The molecule has 0 radical (unpaired) electrons. The smallest absolute Gasteiger partial charge is 0.129 e. The summed E-state index contributed by atoms with van der Waals surface area (Å²) in [4.78, 5) is 0. The summed E-state index contributed by atoms with van der Waals surface area (Å²) in [6, 6.07) is 5.32. The second-order valence-electron chi connectivity index (χ2n) is 5.40. The second kappa shape index (κ2) is 9.51. The Balaban J connectivity index is 2.87. The van der Waals surface area contributed by atoms with Crippen molar-refractivity contribution in [1.82, 2.24) is 5.32 Å². The molecule has 20 heavy (non-hydrogen) atoms. The van der Waals surface area contributed by atoms with E-state index in [0.29, 0.717) is 5.92 Å². The van der Waals surface area contributed by atoms with Crippen LogP contribution in [0, 0.1) is 11.7 Å². The average Bonchev–Trinajstić information content (AvgIpc) is 2.43. The fourth-order valence-corrected chi connectivity index (χ4v) is 3.33. The van der Waals surface area contributed by atoms with Gasteiger partial charge in [0, 0.05) is 16.1 Å². The number of benzene rings is 1. The molecule has 1 nitrogen and oxygen atoms in total. The fraction of sp³-hybridized carbons (Fsp3) is 0.647. The third kappa shape index (κ3) is 5.17. The van der Waals surface area contributed by atoms with Crippen LogP contribution < -0.4 is 5.32 Å².